The lowest BCUT2D eigenvalue weighted by molar-refractivity contribution is 0.175. The van der Waals surface area contributed by atoms with E-state index < -0.39 is 0 Å². The summed E-state index contributed by atoms with van der Waals surface area (Å²) in [5.74, 6) is 0.862. The molecule has 2 heterocycles. The van der Waals surface area contributed by atoms with Crippen molar-refractivity contribution in [3.8, 4) is 17.0 Å². The Bertz CT molecular complexity index is 807. The van der Waals surface area contributed by atoms with Gasteiger partial charge in [-0.1, -0.05) is 19.3 Å². The number of benzene rings is 1. The van der Waals surface area contributed by atoms with Crippen LogP contribution in [0.2, 0.25) is 0 Å². The van der Waals surface area contributed by atoms with Crippen LogP contribution in [0.1, 0.15) is 32.1 Å². The number of carbonyl (C=O) groups is 1. The van der Waals surface area contributed by atoms with E-state index in [0.717, 1.165) is 62.6 Å². The van der Waals surface area contributed by atoms with E-state index in [1.54, 1.807) is 10.9 Å². The summed E-state index contributed by atoms with van der Waals surface area (Å²) in [5, 5.41) is 3.36. The van der Waals surface area contributed by atoms with Crippen LogP contribution in [0.4, 0.5) is 4.79 Å². The topological polar surface area (TPSA) is 62.6 Å². The van der Waals surface area contributed by atoms with E-state index in [2.05, 4.69) is 15.2 Å². The average molecular weight is 412 g/mol. The first-order valence-electron chi connectivity index (χ1n) is 11.2. The number of amides is 1. The molecule has 0 atom stereocenters. The Labute approximate surface area is 179 Å². The minimum atomic E-state index is -0.00600. The third-order valence-corrected chi connectivity index (χ3v) is 6.26. The summed E-state index contributed by atoms with van der Waals surface area (Å²) in [6.07, 6.45) is 9.34. The molecule has 0 radical (unpaired) electrons. The molecule has 7 nitrogen and oxygen atoms in total. The van der Waals surface area contributed by atoms with Crippen molar-refractivity contribution in [3.05, 3.63) is 36.8 Å². The standard InChI is InChI=1S/C23H33N5O2/c1-26(20-5-3-2-4-6-20)23(29)28-17-22(25-18-28)19-7-9-21(10-8-19)30-16-15-27-13-11-24-12-14-27/h7-10,17-18,20,24H,2-6,11-16H2,1H3. The largest absolute Gasteiger partial charge is 0.492 e. The molecule has 0 bridgehead atoms. The van der Waals surface area contributed by atoms with Crippen molar-refractivity contribution >= 4 is 6.03 Å². The van der Waals surface area contributed by atoms with Crippen LogP contribution >= 0.6 is 0 Å². The molecular formula is C23H33N5O2. The Hall–Kier alpha value is -2.38. The van der Waals surface area contributed by atoms with Gasteiger partial charge in [-0.3, -0.25) is 9.47 Å². The van der Waals surface area contributed by atoms with Gasteiger partial charge in [-0.15, -0.1) is 0 Å². The molecule has 1 aliphatic carbocycles. The molecule has 1 saturated carbocycles. The molecule has 1 N–H and O–H groups in total. The van der Waals surface area contributed by atoms with Gasteiger partial charge in [0.2, 0.25) is 0 Å². The number of rotatable bonds is 6. The second-order valence-electron chi connectivity index (χ2n) is 8.32. The zero-order valence-corrected chi connectivity index (χ0v) is 17.9. The normalized spacial score (nSPS) is 18.3. The zero-order chi connectivity index (χ0) is 20.8. The van der Waals surface area contributed by atoms with E-state index in [1.807, 2.05) is 42.4 Å². The third kappa shape index (κ3) is 5.21. The number of aromatic nitrogens is 2. The predicted molar refractivity (Wildman–Crippen MR) is 118 cm³/mol. The number of carbonyl (C=O) groups excluding carboxylic acids is 1. The number of ether oxygens (including phenoxy) is 1. The average Bonchev–Trinajstić information content (AvgIpc) is 3.30. The zero-order valence-electron chi connectivity index (χ0n) is 17.9. The maximum atomic E-state index is 12.8. The molecule has 1 aromatic heterocycles. The molecule has 30 heavy (non-hydrogen) atoms. The lowest BCUT2D eigenvalue weighted by Gasteiger charge is -2.31. The highest BCUT2D eigenvalue weighted by Gasteiger charge is 2.23. The highest BCUT2D eigenvalue weighted by atomic mass is 16.5. The second-order valence-corrected chi connectivity index (χ2v) is 8.32. The molecule has 7 heteroatoms. The van der Waals surface area contributed by atoms with E-state index in [1.165, 1.54) is 19.3 Å². The molecule has 1 saturated heterocycles. The number of nitrogens with one attached hydrogen (secondary N) is 1. The van der Waals surface area contributed by atoms with Crippen molar-refractivity contribution in [3.63, 3.8) is 0 Å². The van der Waals surface area contributed by atoms with Crippen molar-refractivity contribution in [1.29, 1.82) is 0 Å². The Morgan fingerprint density at radius 3 is 2.63 bits per heavy atom. The van der Waals surface area contributed by atoms with Crippen molar-refractivity contribution in [2.24, 2.45) is 0 Å². The fraction of sp³-hybridized carbons (Fsp3) is 0.565. The Balaban J connectivity index is 1.31. The summed E-state index contributed by atoms with van der Waals surface area (Å²) >= 11 is 0. The number of hydrogen-bond donors (Lipinski definition) is 1. The number of nitrogens with zero attached hydrogens (tertiary/aromatic N) is 4. The van der Waals surface area contributed by atoms with Gasteiger partial charge in [0.1, 0.15) is 18.7 Å². The SMILES string of the molecule is CN(C(=O)n1cnc(-c2ccc(OCCN3CCNCC3)cc2)c1)C1CCCCC1. The van der Waals surface area contributed by atoms with Crippen LogP contribution in [-0.2, 0) is 0 Å². The minimum Gasteiger partial charge on any atom is -0.492 e. The van der Waals surface area contributed by atoms with Crippen molar-refractivity contribution in [1.82, 2.24) is 24.7 Å². The van der Waals surface area contributed by atoms with E-state index in [0.29, 0.717) is 12.6 Å². The first-order valence-corrected chi connectivity index (χ1v) is 11.2. The molecule has 1 amide bonds. The summed E-state index contributed by atoms with van der Waals surface area (Å²) in [6, 6.07) is 8.29. The van der Waals surface area contributed by atoms with E-state index in [9.17, 15) is 4.79 Å². The number of hydrogen-bond acceptors (Lipinski definition) is 5. The van der Waals surface area contributed by atoms with Crippen molar-refractivity contribution < 1.29 is 9.53 Å². The lowest BCUT2D eigenvalue weighted by Crippen LogP contribution is -2.44. The Morgan fingerprint density at radius 1 is 1.17 bits per heavy atom. The van der Waals surface area contributed by atoms with Gasteiger partial charge in [-0.05, 0) is 37.1 Å². The van der Waals surface area contributed by atoms with Crippen LogP contribution in [-0.4, -0.2) is 77.8 Å². The fourth-order valence-electron chi connectivity index (χ4n) is 4.33. The van der Waals surface area contributed by atoms with Crippen LogP contribution in [0.5, 0.6) is 5.75 Å². The molecule has 2 aliphatic rings. The molecule has 1 aromatic carbocycles. The first kappa shape index (κ1) is 20.9. The molecule has 162 valence electrons. The molecular weight excluding hydrogens is 378 g/mol. The molecule has 0 unspecified atom stereocenters. The van der Waals surface area contributed by atoms with E-state index in [4.69, 9.17) is 4.74 Å². The first-order chi connectivity index (χ1) is 14.7. The molecule has 4 rings (SSSR count). The Kier molecular flexibility index (Phi) is 7.02. The quantitative estimate of drug-likeness (QED) is 0.792. The van der Waals surface area contributed by atoms with Crippen molar-refractivity contribution in [2.75, 3.05) is 46.4 Å². The molecule has 1 aliphatic heterocycles. The van der Waals surface area contributed by atoms with Crippen LogP contribution in [0.3, 0.4) is 0 Å². The monoisotopic (exact) mass is 411 g/mol. The summed E-state index contributed by atoms with van der Waals surface area (Å²) in [6.45, 7) is 5.92. The third-order valence-electron chi connectivity index (χ3n) is 6.26. The van der Waals surface area contributed by atoms with Crippen LogP contribution in [0.15, 0.2) is 36.8 Å². The van der Waals surface area contributed by atoms with Gasteiger partial charge in [-0.2, -0.15) is 0 Å². The van der Waals surface area contributed by atoms with Crippen LogP contribution < -0.4 is 10.1 Å². The second kappa shape index (κ2) is 10.1. The molecule has 0 spiro atoms. The maximum absolute atomic E-state index is 12.8. The summed E-state index contributed by atoms with van der Waals surface area (Å²) in [4.78, 5) is 21.6. The van der Waals surface area contributed by atoms with Crippen molar-refractivity contribution in [2.45, 2.75) is 38.1 Å². The van der Waals surface area contributed by atoms with Crippen LogP contribution in [0.25, 0.3) is 11.3 Å². The van der Waals surface area contributed by atoms with Gasteiger partial charge >= 0.3 is 6.03 Å². The predicted octanol–water partition coefficient (Wildman–Crippen LogP) is 3.07. The number of piperazine rings is 1. The van der Waals surface area contributed by atoms with Gasteiger partial charge < -0.3 is 15.0 Å². The van der Waals surface area contributed by atoms with E-state index >= 15 is 0 Å². The smallest absolute Gasteiger partial charge is 0.329 e. The summed E-state index contributed by atoms with van der Waals surface area (Å²) in [7, 11) is 1.91. The highest BCUT2D eigenvalue weighted by Crippen LogP contribution is 2.24. The highest BCUT2D eigenvalue weighted by molar-refractivity contribution is 5.78. The summed E-state index contributed by atoms with van der Waals surface area (Å²) in [5.41, 5.74) is 1.78. The van der Waals surface area contributed by atoms with Gasteiger partial charge in [0, 0.05) is 57.6 Å². The van der Waals surface area contributed by atoms with Gasteiger partial charge in [-0.25, -0.2) is 9.78 Å². The Morgan fingerprint density at radius 2 is 1.90 bits per heavy atom. The summed E-state index contributed by atoms with van der Waals surface area (Å²) < 4.78 is 7.49. The van der Waals surface area contributed by atoms with Gasteiger partial charge in [0.15, 0.2) is 0 Å². The van der Waals surface area contributed by atoms with E-state index in [-0.39, 0.29) is 6.03 Å². The van der Waals surface area contributed by atoms with Gasteiger partial charge in [0.05, 0.1) is 5.69 Å². The fourth-order valence-corrected chi connectivity index (χ4v) is 4.33. The van der Waals surface area contributed by atoms with Crippen LogP contribution in [0, 0.1) is 0 Å². The van der Waals surface area contributed by atoms with Gasteiger partial charge in [0.25, 0.3) is 0 Å². The molecule has 2 aromatic rings. The minimum absolute atomic E-state index is 0.00600. The lowest BCUT2D eigenvalue weighted by atomic mass is 9.95. The number of imidazole rings is 1. The maximum Gasteiger partial charge on any atom is 0.329 e. The molecule has 2 fully saturated rings.